The van der Waals surface area contributed by atoms with E-state index in [1.54, 1.807) is 25.1 Å². The highest BCUT2D eigenvalue weighted by molar-refractivity contribution is 5.70. The van der Waals surface area contributed by atoms with Gasteiger partial charge in [0.05, 0.1) is 13.0 Å². The van der Waals surface area contributed by atoms with Gasteiger partial charge in [-0.1, -0.05) is 18.2 Å². The van der Waals surface area contributed by atoms with E-state index >= 15 is 0 Å². The zero-order valence-corrected chi connectivity index (χ0v) is 7.24. The maximum absolute atomic E-state index is 10.4. The molecular weight excluding hydrogens is 166 g/mol. The van der Waals surface area contributed by atoms with Crippen molar-refractivity contribution in [1.29, 1.82) is 0 Å². The van der Waals surface area contributed by atoms with Crippen LogP contribution in [0, 0.1) is 13.5 Å². The Balaban J connectivity index is 2.97. The summed E-state index contributed by atoms with van der Waals surface area (Å²) in [5.74, 6) is -0.852. The van der Waals surface area contributed by atoms with Gasteiger partial charge in [-0.2, -0.15) is 0 Å². The molecule has 0 atom stereocenters. The molecule has 66 valence electrons. The second-order valence-electron chi connectivity index (χ2n) is 2.80. The Morgan fingerprint density at radius 3 is 2.77 bits per heavy atom. The first-order valence-corrected chi connectivity index (χ1v) is 3.82. The van der Waals surface area contributed by atoms with Crippen molar-refractivity contribution in [2.24, 2.45) is 0 Å². The number of carboxylic acids is 1. The van der Waals surface area contributed by atoms with Gasteiger partial charge in [-0.25, -0.2) is 4.85 Å². The Labute approximate surface area is 76.4 Å². The third-order valence-electron chi connectivity index (χ3n) is 1.74. The SMILES string of the molecule is [C-]#[N+]c1ccc(CC(=O)O)cc1C. The first-order chi connectivity index (χ1) is 6.13. The molecule has 0 heterocycles. The lowest BCUT2D eigenvalue weighted by molar-refractivity contribution is -0.136. The molecule has 0 aliphatic heterocycles. The molecule has 0 aliphatic rings. The highest BCUT2D eigenvalue weighted by Crippen LogP contribution is 2.19. The Bertz CT molecular complexity index is 377. The summed E-state index contributed by atoms with van der Waals surface area (Å²) in [5, 5.41) is 8.52. The van der Waals surface area contributed by atoms with E-state index < -0.39 is 5.97 Å². The van der Waals surface area contributed by atoms with E-state index in [1.165, 1.54) is 0 Å². The van der Waals surface area contributed by atoms with Gasteiger partial charge in [-0.05, 0) is 18.1 Å². The van der Waals surface area contributed by atoms with Crippen LogP contribution >= 0.6 is 0 Å². The molecule has 0 saturated heterocycles. The van der Waals surface area contributed by atoms with E-state index in [-0.39, 0.29) is 6.42 Å². The van der Waals surface area contributed by atoms with E-state index in [2.05, 4.69) is 4.85 Å². The standard InChI is InChI=1S/C10H9NO2/c1-7-5-8(6-10(12)13)3-4-9(7)11-2/h3-5H,6H2,1H3,(H,12,13). The van der Waals surface area contributed by atoms with Crippen LogP contribution in [-0.4, -0.2) is 11.1 Å². The van der Waals surface area contributed by atoms with Crippen LogP contribution < -0.4 is 0 Å². The van der Waals surface area contributed by atoms with Crippen molar-refractivity contribution in [3.63, 3.8) is 0 Å². The fourth-order valence-corrected chi connectivity index (χ4v) is 1.13. The van der Waals surface area contributed by atoms with E-state index in [0.29, 0.717) is 5.69 Å². The van der Waals surface area contributed by atoms with Crippen molar-refractivity contribution in [2.75, 3.05) is 0 Å². The average Bonchev–Trinajstić information content (AvgIpc) is 2.03. The summed E-state index contributed by atoms with van der Waals surface area (Å²) >= 11 is 0. The van der Waals surface area contributed by atoms with Crippen LogP contribution in [0.15, 0.2) is 18.2 Å². The van der Waals surface area contributed by atoms with Crippen LogP contribution in [0.3, 0.4) is 0 Å². The second-order valence-corrected chi connectivity index (χ2v) is 2.80. The largest absolute Gasteiger partial charge is 0.481 e. The number of rotatable bonds is 2. The van der Waals surface area contributed by atoms with Gasteiger partial charge >= 0.3 is 5.97 Å². The number of nitrogens with zero attached hydrogens (tertiary/aromatic N) is 1. The molecular formula is C10H9NO2. The number of carbonyl (C=O) groups is 1. The fourth-order valence-electron chi connectivity index (χ4n) is 1.13. The first-order valence-electron chi connectivity index (χ1n) is 3.82. The summed E-state index contributed by atoms with van der Waals surface area (Å²) in [5.41, 5.74) is 2.14. The molecule has 1 aromatic carbocycles. The van der Waals surface area contributed by atoms with Gasteiger partial charge in [-0.3, -0.25) is 4.79 Å². The van der Waals surface area contributed by atoms with Crippen LogP contribution in [0.4, 0.5) is 5.69 Å². The maximum atomic E-state index is 10.4. The molecule has 1 N–H and O–H groups in total. The van der Waals surface area contributed by atoms with Crippen molar-refractivity contribution in [3.8, 4) is 0 Å². The van der Waals surface area contributed by atoms with Crippen molar-refractivity contribution >= 4 is 11.7 Å². The van der Waals surface area contributed by atoms with Crippen molar-refractivity contribution in [3.05, 3.63) is 40.7 Å². The highest BCUT2D eigenvalue weighted by atomic mass is 16.4. The molecule has 3 nitrogen and oxygen atoms in total. The predicted molar refractivity (Wildman–Crippen MR) is 48.8 cm³/mol. The second kappa shape index (κ2) is 3.72. The van der Waals surface area contributed by atoms with E-state index in [1.807, 2.05) is 0 Å². The topological polar surface area (TPSA) is 41.7 Å². The van der Waals surface area contributed by atoms with Crippen LogP contribution in [0.1, 0.15) is 11.1 Å². The van der Waals surface area contributed by atoms with Gasteiger partial charge in [-0.15, -0.1) is 0 Å². The number of aliphatic carboxylic acids is 1. The number of hydrogen-bond donors (Lipinski definition) is 1. The molecule has 13 heavy (non-hydrogen) atoms. The van der Waals surface area contributed by atoms with Crippen LogP contribution in [-0.2, 0) is 11.2 Å². The zero-order chi connectivity index (χ0) is 9.84. The van der Waals surface area contributed by atoms with Crippen LogP contribution in [0.2, 0.25) is 0 Å². The van der Waals surface area contributed by atoms with Gasteiger partial charge in [0, 0.05) is 0 Å². The summed E-state index contributed by atoms with van der Waals surface area (Å²) in [6.45, 7) is 8.61. The number of hydrogen-bond acceptors (Lipinski definition) is 1. The molecule has 3 heteroatoms. The third kappa shape index (κ3) is 2.31. The molecule has 0 saturated carbocycles. The Morgan fingerprint density at radius 1 is 1.62 bits per heavy atom. The third-order valence-corrected chi connectivity index (χ3v) is 1.74. The van der Waals surface area contributed by atoms with Gasteiger partial charge in [0.15, 0.2) is 5.69 Å². The molecule has 0 fully saturated rings. The molecule has 1 aromatic rings. The van der Waals surface area contributed by atoms with Crippen LogP contribution in [0.5, 0.6) is 0 Å². The Hall–Kier alpha value is -1.82. The minimum atomic E-state index is -0.852. The van der Waals surface area contributed by atoms with E-state index in [9.17, 15) is 4.79 Å². The summed E-state index contributed by atoms with van der Waals surface area (Å²) in [6.07, 6.45) is 0.0130. The summed E-state index contributed by atoms with van der Waals surface area (Å²) in [4.78, 5) is 13.7. The smallest absolute Gasteiger partial charge is 0.307 e. The summed E-state index contributed by atoms with van der Waals surface area (Å²) < 4.78 is 0. The molecule has 0 amide bonds. The summed E-state index contributed by atoms with van der Waals surface area (Å²) in [6, 6.07) is 5.07. The zero-order valence-electron chi connectivity index (χ0n) is 7.24. The van der Waals surface area contributed by atoms with Crippen molar-refractivity contribution in [1.82, 2.24) is 0 Å². The number of carboxylic acid groups (broad SMARTS) is 1. The van der Waals surface area contributed by atoms with Gasteiger partial charge in [0.1, 0.15) is 0 Å². The minimum absolute atomic E-state index is 0.0130. The fraction of sp³-hybridized carbons (Fsp3) is 0.200. The molecule has 0 spiro atoms. The molecule has 0 unspecified atom stereocenters. The lowest BCUT2D eigenvalue weighted by Crippen LogP contribution is -1.99. The van der Waals surface area contributed by atoms with Gasteiger partial charge < -0.3 is 5.11 Å². The number of benzene rings is 1. The van der Waals surface area contributed by atoms with E-state index in [0.717, 1.165) is 11.1 Å². The monoisotopic (exact) mass is 175 g/mol. The molecule has 0 aliphatic carbocycles. The van der Waals surface area contributed by atoms with E-state index in [4.69, 9.17) is 11.7 Å². The first kappa shape index (κ1) is 9.27. The molecule has 0 aromatic heterocycles. The van der Waals surface area contributed by atoms with Crippen LogP contribution in [0.25, 0.3) is 4.85 Å². The molecule has 0 bridgehead atoms. The Kier molecular flexibility index (Phi) is 2.65. The lowest BCUT2D eigenvalue weighted by atomic mass is 10.1. The van der Waals surface area contributed by atoms with Crippen molar-refractivity contribution in [2.45, 2.75) is 13.3 Å². The Morgan fingerprint density at radius 2 is 2.31 bits per heavy atom. The highest BCUT2D eigenvalue weighted by Gasteiger charge is 2.02. The number of aryl methyl sites for hydroxylation is 1. The van der Waals surface area contributed by atoms with Crippen molar-refractivity contribution < 1.29 is 9.90 Å². The minimum Gasteiger partial charge on any atom is -0.481 e. The summed E-state index contributed by atoms with van der Waals surface area (Å²) in [7, 11) is 0. The molecule has 1 rings (SSSR count). The average molecular weight is 175 g/mol. The predicted octanol–water partition coefficient (Wildman–Crippen LogP) is 2.17. The normalized spacial score (nSPS) is 9.23. The quantitative estimate of drug-likeness (QED) is 0.700. The van der Waals surface area contributed by atoms with Gasteiger partial charge in [0.2, 0.25) is 0 Å². The molecule has 0 radical (unpaired) electrons. The van der Waals surface area contributed by atoms with Gasteiger partial charge in [0.25, 0.3) is 0 Å². The lowest BCUT2D eigenvalue weighted by Gasteiger charge is -2.00. The maximum Gasteiger partial charge on any atom is 0.307 e.